The number of hydrogen-bond acceptors (Lipinski definition) is 4. The Bertz CT molecular complexity index is 305. The van der Waals surface area contributed by atoms with Crippen molar-refractivity contribution in [2.45, 2.75) is 26.7 Å². The zero-order chi connectivity index (χ0) is 12.5. The highest BCUT2D eigenvalue weighted by Gasteiger charge is 2.43. The first-order chi connectivity index (χ1) is 7.97. The van der Waals surface area contributed by atoms with Gasteiger partial charge in [-0.1, -0.05) is 6.92 Å². The third kappa shape index (κ3) is 3.16. The van der Waals surface area contributed by atoms with Gasteiger partial charge < -0.3 is 15.0 Å². The SMILES string of the molecule is COC(=O)C1(C)CCN(CC2(C)CCNC2)C1.Cl. The number of halogens is 1. The summed E-state index contributed by atoms with van der Waals surface area (Å²) in [4.78, 5) is 14.2. The van der Waals surface area contributed by atoms with Gasteiger partial charge in [0.05, 0.1) is 12.5 Å². The summed E-state index contributed by atoms with van der Waals surface area (Å²) in [5, 5.41) is 3.42. The lowest BCUT2D eigenvalue weighted by atomic mass is 9.88. The van der Waals surface area contributed by atoms with Gasteiger partial charge in [0.2, 0.25) is 0 Å². The first-order valence-corrected chi connectivity index (χ1v) is 6.49. The van der Waals surface area contributed by atoms with Gasteiger partial charge in [-0.2, -0.15) is 0 Å². The molecule has 2 saturated heterocycles. The van der Waals surface area contributed by atoms with Crippen LogP contribution in [0, 0.1) is 10.8 Å². The molecule has 2 rings (SSSR count). The number of esters is 1. The Kier molecular flexibility index (Phi) is 5.04. The van der Waals surface area contributed by atoms with Gasteiger partial charge >= 0.3 is 5.97 Å². The number of rotatable bonds is 3. The van der Waals surface area contributed by atoms with Crippen molar-refractivity contribution in [2.24, 2.45) is 10.8 Å². The Morgan fingerprint density at radius 3 is 2.67 bits per heavy atom. The van der Waals surface area contributed by atoms with Crippen molar-refractivity contribution in [3.05, 3.63) is 0 Å². The lowest BCUT2D eigenvalue weighted by molar-refractivity contribution is -0.151. The van der Waals surface area contributed by atoms with Crippen LogP contribution < -0.4 is 5.32 Å². The molecule has 0 radical (unpaired) electrons. The fourth-order valence-corrected chi connectivity index (χ4v) is 3.15. The van der Waals surface area contributed by atoms with Crippen molar-refractivity contribution in [1.29, 1.82) is 0 Å². The fraction of sp³-hybridized carbons (Fsp3) is 0.923. The van der Waals surface area contributed by atoms with Crippen LogP contribution in [0.1, 0.15) is 26.7 Å². The van der Waals surface area contributed by atoms with Gasteiger partial charge in [-0.15, -0.1) is 12.4 Å². The Balaban J connectivity index is 0.00000162. The van der Waals surface area contributed by atoms with E-state index in [0.717, 1.165) is 39.1 Å². The summed E-state index contributed by atoms with van der Waals surface area (Å²) in [7, 11) is 1.48. The highest BCUT2D eigenvalue weighted by atomic mass is 35.5. The highest BCUT2D eigenvalue weighted by Crippen LogP contribution is 2.34. The fourth-order valence-electron chi connectivity index (χ4n) is 3.15. The third-order valence-corrected chi connectivity index (χ3v) is 4.29. The molecule has 0 saturated carbocycles. The summed E-state index contributed by atoms with van der Waals surface area (Å²) >= 11 is 0. The first-order valence-electron chi connectivity index (χ1n) is 6.49. The van der Waals surface area contributed by atoms with Crippen molar-refractivity contribution in [1.82, 2.24) is 10.2 Å². The van der Waals surface area contributed by atoms with Gasteiger partial charge in [-0.25, -0.2) is 0 Å². The van der Waals surface area contributed by atoms with Gasteiger partial charge in [-0.3, -0.25) is 4.79 Å². The minimum Gasteiger partial charge on any atom is -0.469 e. The van der Waals surface area contributed by atoms with E-state index in [1.165, 1.54) is 13.5 Å². The van der Waals surface area contributed by atoms with Crippen molar-refractivity contribution >= 4 is 18.4 Å². The van der Waals surface area contributed by atoms with E-state index in [1.807, 2.05) is 6.92 Å². The minimum absolute atomic E-state index is 0. The summed E-state index contributed by atoms with van der Waals surface area (Å²) in [5.74, 6) is -0.0605. The van der Waals surface area contributed by atoms with Crippen LogP contribution in [0.25, 0.3) is 0 Å². The number of methoxy groups -OCH3 is 1. The first kappa shape index (κ1) is 15.7. The molecule has 1 N–H and O–H groups in total. The molecule has 2 unspecified atom stereocenters. The molecule has 0 aromatic rings. The summed E-state index contributed by atoms with van der Waals surface area (Å²) < 4.78 is 4.90. The second-order valence-electron chi connectivity index (χ2n) is 6.25. The number of hydrogen-bond donors (Lipinski definition) is 1. The quantitative estimate of drug-likeness (QED) is 0.789. The number of carbonyl (C=O) groups excluding carboxylic acids is 1. The van der Waals surface area contributed by atoms with E-state index in [9.17, 15) is 4.79 Å². The van der Waals surface area contributed by atoms with Crippen LogP contribution in [0.15, 0.2) is 0 Å². The largest absolute Gasteiger partial charge is 0.469 e. The molecule has 0 spiro atoms. The molecular weight excluding hydrogens is 252 g/mol. The number of carbonyl (C=O) groups is 1. The van der Waals surface area contributed by atoms with E-state index >= 15 is 0 Å². The maximum absolute atomic E-state index is 11.7. The molecule has 5 heteroatoms. The van der Waals surface area contributed by atoms with Crippen LogP contribution in [0.4, 0.5) is 0 Å². The van der Waals surface area contributed by atoms with Crippen molar-refractivity contribution in [3.63, 3.8) is 0 Å². The van der Waals surface area contributed by atoms with E-state index in [0.29, 0.717) is 5.41 Å². The molecular formula is C13H25ClN2O2. The van der Waals surface area contributed by atoms with Crippen LogP contribution in [-0.2, 0) is 9.53 Å². The van der Waals surface area contributed by atoms with E-state index in [2.05, 4.69) is 17.1 Å². The van der Waals surface area contributed by atoms with Crippen molar-refractivity contribution < 1.29 is 9.53 Å². The standard InChI is InChI=1S/C13H24N2O2.ClH/c1-12(4-6-14-8-12)9-15-7-5-13(2,10-15)11(16)17-3;/h14H,4-10H2,1-3H3;1H. The molecule has 0 aromatic carbocycles. The normalized spacial score (nSPS) is 36.4. The summed E-state index contributed by atoms with van der Waals surface area (Å²) in [6, 6.07) is 0. The molecule has 0 amide bonds. The monoisotopic (exact) mass is 276 g/mol. The van der Waals surface area contributed by atoms with E-state index in [-0.39, 0.29) is 23.8 Å². The maximum atomic E-state index is 11.7. The van der Waals surface area contributed by atoms with Crippen LogP contribution >= 0.6 is 12.4 Å². The summed E-state index contributed by atoms with van der Waals surface area (Å²) in [5.41, 5.74) is 0.0819. The Hall–Kier alpha value is -0.320. The van der Waals surface area contributed by atoms with E-state index in [1.54, 1.807) is 0 Å². The van der Waals surface area contributed by atoms with Gasteiger partial charge in [-0.05, 0) is 38.3 Å². The summed E-state index contributed by atoms with van der Waals surface area (Å²) in [6.07, 6.45) is 2.15. The third-order valence-electron chi connectivity index (χ3n) is 4.29. The maximum Gasteiger partial charge on any atom is 0.312 e. The number of nitrogens with zero attached hydrogens (tertiary/aromatic N) is 1. The minimum atomic E-state index is -0.295. The summed E-state index contributed by atoms with van der Waals surface area (Å²) in [6.45, 7) is 9.52. The Labute approximate surface area is 116 Å². The van der Waals surface area contributed by atoms with Crippen LogP contribution in [0.2, 0.25) is 0 Å². The molecule has 0 bridgehead atoms. The molecule has 2 atom stereocenters. The van der Waals surface area contributed by atoms with E-state index < -0.39 is 0 Å². The Morgan fingerprint density at radius 2 is 2.11 bits per heavy atom. The van der Waals surface area contributed by atoms with Gasteiger partial charge in [0.25, 0.3) is 0 Å². The van der Waals surface area contributed by atoms with Gasteiger partial charge in [0, 0.05) is 19.6 Å². The molecule has 0 aliphatic carbocycles. The van der Waals surface area contributed by atoms with E-state index in [4.69, 9.17) is 4.74 Å². The van der Waals surface area contributed by atoms with Gasteiger partial charge in [0.1, 0.15) is 0 Å². The molecule has 2 fully saturated rings. The number of nitrogens with one attached hydrogen (secondary N) is 1. The highest BCUT2D eigenvalue weighted by molar-refractivity contribution is 5.85. The molecule has 2 aliphatic rings. The van der Waals surface area contributed by atoms with Crippen molar-refractivity contribution in [2.75, 3.05) is 39.8 Å². The zero-order valence-corrected chi connectivity index (χ0v) is 12.4. The topological polar surface area (TPSA) is 41.6 Å². The molecule has 2 aliphatic heterocycles. The molecule has 4 nitrogen and oxygen atoms in total. The molecule has 18 heavy (non-hydrogen) atoms. The van der Waals surface area contributed by atoms with Crippen molar-refractivity contribution in [3.8, 4) is 0 Å². The molecule has 0 aromatic heterocycles. The predicted molar refractivity (Wildman–Crippen MR) is 74.0 cm³/mol. The average molecular weight is 277 g/mol. The number of likely N-dealkylation sites (tertiary alicyclic amines) is 1. The smallest absolute Gasteiger partial charge is 0.312 e. The van der Waals surface area contributed by atoms with Crippen LogP contribution in [0.5, 0.6) is 0 Å². The molecule has 106 valence electrons. The number of ether oxygens (including phenoxy) is 1. The second kappa shape index (κ2) is 5.76. The lowest BCUT2D eigenvalue weighted by Gasteiger charge is -2.30. The van der Waals surface area contributed by atoms with Crippen LogP contribution in [0.3, 0.4) is 0 Å². The predicted octanol–water partition coefficient (Wildman–Crippen LogP) is 1.29. The zero-order valence-electron chi connectivity index (χ0n) is 11.6. The Morgan fingerprint density at radius 1 is 1.39 bits per heavy atom. The average Bonchev–Trinajstić information content (AvgIpc) is 2.86. The second-order valence-corrected chi connectivity index (χ2v) is 6.25. The molecule has 2 heterocycles. The van der Waals surface area contributed by atoms with Crippen LogP contribution in [-0.4, -0.2) is 50.7 Å². The van der Waals surface area contributed by atoms with Gasteiger partial charge in [0.15, 0.2) is 0 Å². The lowest BCUT2D eigenvalue weighted by Crippen LogP contribution is -2.39.